The van der Waals surface area contributed by atoms with Crippen LogP contribution in [0.15, 0.2) is 41.5 Å². The largest absolute Gasteiger partial charge is 0.386 e. The molecule has 0 amide bonds. The zero-order valence-electron chi connectivity index (χ0n) is 9.47. The number of nitrogens with two attached hydrogens (primary N) is 1. The molecule has 1 aromatic carbocycles. The number of alkyl halides is 1. The van der Waals surface area contributed by atoms with Crippen LogP contribution < -0.4 is 5.73 Å². The van der Waals surface area contributed by atoms with Gasteiger partial charge in [-0.15, -0.1) is 11.6 Å². The lowest BCUT2D eigenvalue weighted by Gasteiger charge is -2.05. The number of halogens is 1. The molecule has 4 nitrogen and oxygen atoms in total. The zero-order chi connectivity index (χ0) is 12.3. The SMILES string of the molecule is Cc1ccn(-c2ccccc2N=C(N)CCl)n1. The number of para-hydroxylation sites is 2. The first-order valence-corrected chi connectivity index (χ1v) is 5.75. The monoisotopic (exact) mass is 248 g/mol. The van der Waals surface area contributed by atoms with Crippen LogP contribution in [-0.4, -0.2) is 21.5 Å². The average Bonchev–Trinajstić information content (AvgIpc) is 2.76. The molecule has 17 heavy (non-hydrogen) atoms. The first-order chi connectivity index (χ1) is 8.20. The number of hydrogen-bond donors (Lipinski definition) is 1. The van der Waals surface area contributed by atoms with E-state index in [2.05, 4.69) is 10.1 Å². The van der Waals surface area contributed by atoms with E-state index < -0.39 is 0 Å². The summed E-state index contributed by atoms with van der Waals surface area (Å²) in [5.74, 6) is 0.606. The first-order valence-electron chi connectivity index (χ1n) is 5.21. The highest BCUT2D eigenvalue weighted by atomic mass is 35.5. The molecule has 0 saturated heterocycles. The lowest BCUT2D eigenvalue weighted by molar-refractivity contribution is 0.863. The number of hydrogen-bond acceptors (Lipinski definition) is 2. The molecule has 0 spiro atoms. The van der Waals surface area contributed by atoms with Gasteiger partial charge in [-0.3, -0.25) is 0 Å². The summed E-state index contributed by atoms with van der Waals surface area (Å²) in [6.07, 6.45) is 1.89. The van der Waals surface area contributed by atoms with E-state index in [4.69, 9.17) is 17.3 Å². The van der Waals surface area contributed by atoms with Gasteiger partial charge in [0.1, 0.15) is 5.84 Å². The average molecular weight is 249 g/mol. The van der Waals surface area contributed by atoms with Crippen LogP contribution in [0, 0.1) is 6.92 Å². The molecule has 0 fully saturated rings. The molecule has 1 aromatic heterocycles. The summed E-state index contributed by atoms with van der Waals surface area (Å²) in [5, 5.41) is 4.35. The lowest BCUT2D eigenvalue weighted by Crippen LogP contribution is -2.12. The molecule has 0 aliphatic carbocycles. The molecule has 0 aliphatic heterocycles. The van der Waals surface area contributed by atoms with Crippen molar-refractivity contribution in [2.24, 2.45) is 10.7 Å². The van der Waals surface area contributed by atoms with Crippen LogP contribution in [0.1, 0.15) is 5.69 Å². The second kappa shape index (κ2) is 5.01. The predicted octanol–water partition coefficient (Wildman–Crippen LogP) is 2.41. The molecular weight excluding hydrogens is 236 g/mol. The molecular formula is C12H13ClN4. The normalized spacial score (nSPS) is 11.8. The Labute approximate surface area is 105 Å². The molecule has 88 valence electrons. The Hall–Kier alpha value is -1.81. The summed E-state index contributed by atoms with van der Waals surface area (Å²) in [4.78, 5) is 4.26. The van der Waals surface area contributed by atoms with Gasteiger partial charge in [0.2, 0.25) is 0 Å². The summed E-state index contributed by atoms with van der Waals surface area (Å²) in [6, 6.07) is 9.59. The minimum Gasteiger partial charge on any atom is -0.386 e. The highest BCUT2D eigenvalue weighted by molar-refractivity contribution is 6.28. The maximum Gasteiger partial charge on any atom is 0.115 e. The third-order valence-corrected chi connectivity index (χ3v) is 2.53. The summed E-state index contributed by atoms with van der Waals surface area (Å²) in [6.45, 7) is 1.94. The highest BCUT2D eigenvalue weighted by Gasteiger charge is 2.04. The van der Waals surface area contributed by atoms with Gasteiger partial charge in [0.25, 0.3) is 0 Å². The second-order valence-corrected chi connectivity index (χ2v) is 3.89. The molecule has 0 bridgehead atoms. The summed E-state index contributed by atoms with van der Waals surface area (Å²) < 4.78 is 1.77. The van der Waals surface area contributed by atoms with Gasteiger partial charge in [0.15, 0.2) is 0 Å². The van der Waals surface area contributed by atoms with Gasteiger partial charge in [-0.2, -0.15) is 5.10 Å². The van der Waals surface area contributed by atoms with Crippen LogP contribution >= 0.6 is 11.6 Å². The number of aromatic nitrogens is 2. The highest BCUT2D eigenvalue weighted by Crippen LogP contribution is 2.22. The van der Waals surface area contributed by atoms with Crippen LogP contribution in [0.3, 0.4) is 0 Å². The molecule has 0 radical (unpaired) electrons. The first kappa shape index (κ1) is 11.7. The zero-order valence-corrected chi connectivity index (χ0v) is 10.2. The molecule has 2 aromatic rings. The van der Waals surface area contributed by atoms with Gasteiger partial charge in [-0.1, -0.05) is 12.1 Å². The number of aryl methyl sites for hydroxylation is 1. The fourth-order valence-electron chi connectivity index (χ4n) is 1.49. The van der Waals surface area contributed by atoms with E-state index in [1.807, 2.05) is 43.5 Å². The van der Waals surface area contributed by atoms with Gasteiger partial charge < -0.3 is 5.73 Å². The Balaban J connectivity index is 2.48. The Morgan fingerprint density at radius 2 is 2.18 bits per heavy atom. The van der Waals surface area contributed by atoms with E-state index in [1.165, 1.54) is 0 Å². The van der Waals surface area contributed by atoms with Crippen LogP contribution in [-0.2, 0) is 0 Å². The quantitative estimate of drug-likeness (QED) is 0.515. The Kier molecular flexibility index (Phi) is 3.44. The number of aliphatic imine (C=N–C) groups is 1. The van der Waals surface area contributed by atoms with Crippen molar-refractivity contribution in [3.63, 3.8) is 0 Å². The number of rotatable bonds is 3. The fourth-order valence-corrected chi connectivity index (χ4v) is 1.55. The lowest BCUT2D eigenvalue weighted by atomic mass is 10.2. The van der Waals surface area contributed by atoms with E-state index in [-0.39, 0.29) is 5.88 Å². The Morgan fingerprint density at radius 3 is 2.82 bits per heavy atom. The molecule has 0 saturated carbocycles. The van der Waals surface area contributed by atoms with Crippen molar-refractivity contribution in [3.05, 3.63) is 42.2 Å². The van der Waals surface area contributed by atoms with E-state index in [0.29, 0.717) is 5.84 Å². The predicted molar refractivity (Wildman–Crippen MR) is 70.3 cm³/mol. The standard InChI is InChI=1S/C12H13ClN4/c1-9-6-7-17(16-9)11-5-3-2-4-10(11)15-12(14)8-13/h2-7H,8H2,1H3,(H2,14,15). The van der Waals surface area contributed by atoms with Crippen molar-refractivity contribution >= 4 is 23.1 Å². The summed E-state index contributed by atoms with van der Waals surface area (Å²) in [5.41, 5.74) is 8.24. The third-order valence-electron chi connectivity index (χ3n) is 2.25. The van der Waals surface area contributed by atoms with Crippen molar-refractivity contribution in [2.75, 3.05) is 5.88 Å². The second-order valence-electron chi connectivity index (χ2n) is 3.63. The van der Waals surface area contributed by atoms with Gasteiger partial charge in [-0.25, -0.2) is 9.67 Å². The van der Waals surface area contributed by atoms with Gasteiger partial charge in [-0.05, 0) is 25.1 Å². The van der Waals surface area contributed by atoms with Crippen LogP contribution in [0.2, 0.25) is 0 Å². The summed E-state index contributed by atoms with van der Waals surface area (Å²) in [7, 11) is 0. The van der Waals surface area contributed by atoms with Crippen molar-refractivity contribution in [1.82, 2.24) is 9.78 Å². The number of amidine groups is 1. The van der Waals surface area contributed by atoms with Crippen molar-refractivity contribution < 1.29 is 0 Å². The Morgan fingerprint density at radius 1 is 1.41 bits per heavy atom. The minimum atomic E-state index is 0.215. The molecule has 1 heterocycles. The maximum absolute atomic E-state index is 5.65. The van der Waals surface area contributed by atoms with Crippen LogP contribution in [0.4, 0.5) is 5.69 Å². The van der Waals surface area contributed by atoms with Gasteiger partial charge >= 0.3 is 0 Å². The minimum absolute atomic E-state index is 0.215. The van der Waals surface area contributed by atoms with E-state index in [9.17, 15) is 0 Å². The topological polar surface area (TPSA) is 56.2 Å². The Bertz CT molecular complexity index is 545. The molecule has 5 heteroatoms. The fraction of sp³-hybridized carbons (Fsp3) is 0.167. The molecule has 0 unspecified atom stereocenters. The smallest absolute Gasteiger partial charge is 0.115 e. The number of nitrogens with zero attached hydrogens (tertiary/aromatic N) is 3. The van der Waals surface area contributed by atoms with E-state index >= 15 is 0 Å². The molecule has 0 atom stereocenters. The maximum atomic E-state index is 5.65. The van der Waals surface area contributed by atoms with E-state index in [0.717, 1.165) is 17.1 Å². The third kappa shape index (κ3) is 2.65. The van der Waals surface area contributed by atoms with Crippen molar-refractivity contribution in [3.8, 4) is 5.69 Å². The molecule has 2 N–H and O–H groups in total. The molecule has 0 aliphatic rings. The molecule has 2 rings (SSSR count). The summed E-state index contributed by atoms with van der Waals surface area (Å²) >= 11 is 5.63. The van der Waals surface area contributed by atoms with Gasteiger partial charge in [0.05, 0.1) is 22.9 Å². The van der Waals surface area contributed by atoms with Gasteiger partial charge in [0, 0.05) is 6.20 Å². The van der Waals surface area contributed by atoms with Crippen molar-refractivity contribution in [2.45, 2.75) is 6.92 Å². The van der Waals surface area contributed by atoms with Crippen LogP contribution in [0.5, 0.6) is 0 Å². The van der Waals surface area contributed by atoms with E-state index in [1.54, 1.807) is 4.68 Å². The van der Waals surface area contributed by atoms with Crippen LogP contribution in [0.25, 0.3) is 5.69 Å². The number of benzene rings is 1. The van der Waals surface area contributed by atoms with Crippen molar-refractivity contribution in [1.29, 1.82) is 0 Å².